The van der Waals surface area contributed by atoms with Crippen LogP contribution in [0.5, 0.6) is 0 Å². The number of nitro groups is 1. The molecule has 0 unspecified atom stereocenters. The summed E-state index contributed by atoms with van der Waals surface area (Å²) in [7, 11) is 0. The molecule has 136 valence electrons. The first-order valence-electron chi connectivity index (χ1n) is 8.32. The van der Waals surface area contributed by atoms with Crippen LogP contribution in [-0.2, 0) is 13.0 Å². The topological polar surface area (TPSA) is 112 Å². The van der Waals surface area contributed by atoms with E-state index < -0.39 is 4.92 Å². The maximum absolute atomic E-state index is 11.3. The molecule has 2 heterocycles. The zero-order valence-electron chi connectivity index (χ0n) is 14.2. The van der Waals surface area contributed by atoms with Gasteiger partial charge in [-0.05, 0) is 18.7 Å². The Morgan fingerprint density at radius 3 is 2.74 bits per heavy atom. The lowest BCUT2D eigenvalue weighted by molar-refractivity contribution is -0.384. The molecule has 9 heteroatoms. The highest BCUT2D eigenvalue weighted by molar-refractivity contribution is 6.35. The van der Waals surface area contributed by atoms with Crippen molar-refractivity contribution in [3.05, 3.63) is 80.4 Å². The van der Waals surface area contributed by atoms with Gasteiger partial charge in [-0.3, -0.25) is 19.7 Å². The van der Waals surface area contributed by atoms with Crippen LogP contribution >= 0.6 is 11.6 Å². The maximum Gasteiger partial charge on any atom is 0.270 e. The highest BCUT2D eigenvalue weighted by Gasteiger charge is 2.25. The number of nitrogens with two attached hydrogens (primary N) is 1. The van der Waals surface area contributed by atoms with E-state index in [-0.39, 0.29) is 12.2 Å². The van der Waals surface area contributed by atoms with Crippen molar-refractivity contribution in [2.75, 3.05) is 6.54 Å². The number of hydrogen-bond donors (Lipinski definition) is 1. The van der Waals surface area contributed by atoms with Gasteiger partial charge in [-0.15, -0.1) is 10.2 Å². The monoisotopic (exact) mass is 382 g/mol. The van der Waals surface area contributed by atoms with Crippen LogP contribution in [0.2, 0.25) is 5.02 Å². The fraction of sp³-hybridized carbons (Fsp3) is 0.167. The molecule has 0 bridgehead atoms. The molecule has 2 aromatic carbocycles. The predicted molar refractivity (Wildman–Crippen MR) is 102 cm³/mol. The average molecular weight is 383 g/mol. The molecule has 2 N–H and O–H groups in total. The number of aromatic nitrogens is 3. The van der Waals surface area contributed by atoms with Crippen LogP contribution in [0.3, 0.4) is 0 Å². The minimum absolute atomic E-state index is 0.0228. The van der Waals surface area contributed by atoms with Crippen LogP contribution in [0.1, 0.15) is 22.8 Å². The number of nitrogens with zero attached hydrogens (tertiary/aromatic N) is 5. The molecule has 4 rings (SSSR count). The van der Waals surface area contributed by atoms with E-state index in [0.717, 1.165) is 5.69 Å². The summed E-state index contributed by atoms with van der Waals surface area (Å²) in [5.41, 5.74) is 8.30. The van der Waals surface area contributed by atoms with E-state index in [1.807, 2.05) is 22.8 Å². The molecule has 0 spiro atoms. The first kappa shape index (κ1) is 17.3. The van der Waals surface area contributed by atoms with E-state index in [9.17, 15) is 10.1 Å². The number of hydrogen-bond acceptors (Lipinski definition) is 6. The Labute approximate surface area is 159 Å². The van der Waals surface area contributed by atoms with Crippen molar-refractivity contribution < 1.29 is 4.92 Å². The van der Waals surface area contributed by atoms with Crippen molar-refractivity contribution in [3.8, 4) is 5.69 Å². The van der Waals surface area contributed by atoms with Crippen LogP contribution < -0.4 is 5.73 Å². The molecule has 0 fully saturated rings. The van der Waals surface area contributed by atoms with Gasteiger partial charge in [0.2, 0.25) is 0 Å². The van der Waals surface area contributed by atoms with Crippen molar-refractivity contribution in [3.63, 3.8) is 0 Å². The van der Waals surface area contributed by atoms with E-state index in [1.165, 1.54) is 12.1 Å². The van der Waals surface area contributed by atoms with Gasteiger partial charge >= 0.3 is 0 Å². The Hall–Kier alpha value is -3.10. The molecule has 1 aliphatic rings. The van der Waals surface area contributed by atoms with E-state index in [4.69, 9.17) is 17.3 Å². The molecule has 0 amide bonds. The average Bonchev–Trinajstić information content (AvgIpc) is 2.98. The lowest BCUT2D eigenvalue weighted by atomic mass is 9.99. The minimum Gasteiger partial charge on any atom is -0.330 e. The quantitative estimate of drug-likeness (QED) is 0.550. The summed E-state index contributed by atoms with van der Waals surface area (Å²) in [5.74, 6) is 1.34. The largest absolute Gasteiger partial charge is 0.330 e. The minimum atomic E-state index is -0.427. The van der Waals surface area contributed by atoms with Gasteiger partial charge in [-0.2, -0.15) is 0 Å². The third-order valence-electron chi connectivity index (χ3n) is 4.36. The SMILES string of the molecule is NCCc1nnc2n1-c1ccc([N+](=O)[O-])cc1C(c1ccccc1Cl)=NC2. The second-order valence-corrected chi connectivity index (χ2v) is 6.42. The van der Waals surface area contributed by atoms with E-state index in [0.29, 0.717) is 46.5 Å². The van der Waals surface area contributed by atoms with E-state index in [1.54, 1.807) is 12.1 Å². The fourth-order valence-corrected chi connectivity index (χ4v) is 3.39. The van der Waals surface area contributed by atoms with Crippen molar-refractivity contribution in [1.29, 1.82) is 0 Å². The molecular formula is C18H15ClN6O2. The number of nitro benzene ring substituents is 1. The van der Waals surface area contributed by atoms with Crippen LogP contribution in [0.15, 0.2) is 47.5 Å². The molecule has 3 aromatic rings. The third kappa shape index (κ3) is 2.98. The number of aliphatic imine (C=N–C) groups is 1. The smallest absolute Gasteiger partial charge is 0.270 e. The summed E-state index contributed by atoms with van der Waals surface area (Å²) in [6.07, 6.45) is 0.533. The zero-order valence-corrected chi connectivity index (χ0v) is 14.9. The number of non-ortho nitro benzene ring substituents is 1. The standard InChI is InChI=1S/C18H15ClN6O2/c19-14-4-2-1-3-12(14)18-13-9-11(25(26)27)5-6-15(13)24-16(7-8-20)22-23-17(24)10-21-18/h1-6,9H,7-8,10,20H2. The first-order chi connectivity index (χ1) is 13.1. The van der Waals surface area contributed by atoms with Crippen LogP contribution in [0.25, 0.3) is 5.69 Å². The molecule has 1 aliphatic heterocycles. The van der Waals surface area contributed by atoms with E-state index in [2.05, 4.69) is 15.2 Å². The van der Waals surface area contributed by atoms with Gasteiger partial charge in [0.25, 0.3) is 5.69 Å². The second-order valence-electron chi connectivity index (χ2n) is 6.01. The highest BCUT2D eigenvalue weighted by Crippen LogP contribution is 2.31. The molecule has 1 aromatic heterocycles. The highest BCUT2D eigenvalue weighted by atomic mass is 35.5. The number of benzene rings is 2. The van der Waals surface area contributed by atoms with Gasteiger partial charge in [0.1, 0.15) is 12.4 Å². The summed E-state index contributed by atoms with van der Waals surface area (Å²) >= 11 is 6.38. The maximum atomic E-state index is 11.3. The van der Waals surface area contributed by atoms with Crippen molar-refractivity contribution >= 4 is 23.0 Å². The fourth-order valence-electron chi connectivity index (χ4n) is 3.17. The van der Waals surface area contributed by atoms with Crippen molar-refractivity contribution in [2.45, 2.75) is 13.0 Å². The molecule has 27 heavy (non-hydrogen) atoms. The summed E-state index contributed by atoms with van der Waals surface area (Å²) in [6, 6.07) is 12.0. The molecule has 8 nitrogen and oxygen atoms in total. The summed E-state index contributed by atoms with van der Waals surface area (Å²) in [5, 5.41) is 20.3. The Bertz CT molecular complexity index is 1080. The van der Waals surface area contributed by atoms with Crippen LogP contribution in [0, 0.1) is 10.1 Å². The van der Waals surface area contributed by atoms with Gasteiger partial charge in [-0.25, -0.2) is 0 Å². The van der Waals surface area contributed by atoms with Gasteiger partial charge in [0, 0.05) is 34.7 Å². The third-order valence-corrected chi connectivity index (χ3v) is 4.69. The molecule has 0 aliphatic carbocycles. The Balaban J connectivity index is 2.00. The molecule has 0 radical (unpaired) electrons. The number of rotatable bonds is 4. The van der Waals surface area contributed by atoms with Gasteiger partial charge in [-0.1, -0.05) is 29.8 Å². The van der Waals surface area contributed by atoms with Gasteiger partial charge < -0.3 is 5.73 Å². The molecule has 0 saturated heterocycles. The Kier molecular flexibility index (Phi) is 4.43. The van der Waals surface area contributed by atoms with Gasteiger partial charge in [0.05, 0.1) is 16.3 Å². The van der Waals surface area contributed by atoms with Crippen LogP contribution in [-0.4, -0.2) is 31.9 Å². The number of halogens is 1. The molecule has 0 atom stereocenters. The summed E-state index contributed by atoms with van der Waals surface area (Å²) in [4.78, 5) is 15.6. The lowest BCUT2D eigenvalue weighted by Crippen LogP contribution is -2.13. The van der Waals surface area contributed by atoms with Crippen LogP contribution in [0.4, 0.5) is 5.69 Å². The van der Waals surface area contributed by atoms with Crippen molar-refractivity contribution in [1.82, 2.24) is 14.8 Å². The number of fused-ring (bicyclic) bond motifs is 3. The van der Waals surface area contributed by atoms with Gasteiger partial charge in [0.15, 0.2) is 5.82 Å². The summed E-state index contributed by atoms with van der Waals surface area (Å²) < 4.78 is 1.87. The first-order valence-corrected chi connectivity index (χ1v) is 8.69. The Morgan fingerprint density at radius 2 is 2.00 bits per heavy atom. The predicted octanol–water partition coefficient (Wildman–Crippen LogP) is 2.68. The molecular weight excluding hydrogens is 368 g/mol. The lowest BCUT2D eigenvalue weighted by Gasteiger charge is -2.14. The zero-order chi connectivity index (χ0) is 19.0. The second kappa shape index (κ2) is 6.90. The van der Waals surface area contributed by atoms with E-state index >= 15 is 0 Å². The normalized spacial score (nSPS) is 12.7. The van der Waals surface area contributed by atoms with Crippen molar-refractivity contribution in [2.24, 2.45) is 10.7 Å². The molecule has 0 saturated carbocycles. The summed E-state index contributed by atoms with van der Waals surface area (Å²) in [6.45, 7) is 0.694. The Morgan fingerprint density at radius 1 is 1.19 bits per heavy atom.